The van der Waals surface area contributed by atoms with Gasteiger partial charge in [-0.25, -0.2) is 4.98 Å². The smallest absolute Gasteiger partial charge is 0.273 e. The lowest BCUT2D eigenvalue weighted by Crippen LogP contribution is -2.42. The van der Waals surface area contributed by atoms with E-state index in [0.29, 0.717) is 27.7 Å². The van der Waals surface area contributed by atoms with Crippen molar-refractivity contribution in [3.63, 3.8) is 0 Å². The van der Waals surface area contributed by atoms with Gasteiger partial charge in [-0.15, -0.1) is 0 Å². The van der Waals surface area contributed by atoms with Crippen molar-refractivity contribution in [2.24, 2.45) is 5.92 Å². The van der Waals surface area contributed by atoms with Gasteiger partial charge in [0.2, 0.25) is 11.8 Å². The Morgan fingerprint density at radius 2 is 2.07 bits per heavy atom. The number of amides is 2. The lowest BCUT2D eigenvalue weighted by Gasteiger charge is -2.31. The van der Waals surface area contributed by atoms with E-state index in [1.807, 2.05) is 23.1 Å². The highest BCUT2D eigenvalue weighted by molar-refractivity contribution is 7.22. The van der Waals surface area contributed by atoms with Crippen LogP contribution in [0.15, 0.2) is 41.5 Å². The van der Waals surface area contributed by atoms with Crippen LogP contribution in [0.3, 0.4) is 0 Å². The van der Waals surface area contributed by atoms with Crippen molar-refractivity contribution in [1.82, 2.24) is 19.9 Å². The minimum absolute atomic E-state index is 0.0192. The Bertz CT molecular complexity index is 1130. The number of benzene rings is 1. The zero-order valence-electron chi connectivity index (χ0n) is 16.5. The molecule has 0 saturated carbocycles. The number of nitrogens with one attached hydrogen (secondary N) is 2. The van der Waals surface area contributed by atoms with Gasteiger partial charge in [-0.3, -0.25) is 19.0 Å². The monoisotopic (exact) mass is 426 g/mol. The van der Waals surface area contributed by atoms with E-state index in [1.54, 1.807) is 19.2 Å². The van der Waals surface area contributed by atoms with E-state index in [-0.39, 0.29) is 29.8 Å². The predicted octanol–water partition coefficient (Wildman–Crippen LogP) is 1.45. The summed E-state index contributed by atoms with van der Waals surface area (Å²) in [5.41, 5.74) is 0.731. The number of fused-ring (bicyclic) bond motifs is 1. The molecule has 0 unspecified atom stereocenters. The molecule has 0 spiro atoms. The summed E-state index contributed by atoms with van der Waals surface area (Å²) in [5, 5.41) is 6.13. The van der Waals surface area contributed by atoms with Crippen molar-refractivity contribution in [2.45, 2.75) is 19.4 Å². The Kier molecular flexibility index (Phi) is 5.75. The van der Waals surface area contributed by atoms with Gasteiger partial charge in [-0.05, 0) is 25.0 Å². The van der Waals surface area contributed by atoms with Crippen LogP contribution in [-0.4, -0.2) is 46.5 Å². The molecule has 2 aromatic heterocycles. The SMILES string of the molecule is CNC(=O)[C@H]1CCCN(c2nc3ncn(CC(=O)Nc4ccccc4)c(=O)c3s2)C1. The number of thiazole rings is 1. The van der Waals surface area contributed by atoms with E-state index in [1.165, 1.54) is 22.2 Å². The van der Waals surface area contributed by atoms with Crippen LogP contribution < -0.4 is 21.1 Å². The van der Waals surface area contributed by atoms with Crippen LogP contribution in [0.4, 0.5) is 10.8 Å². The first-order valence-corrected chi connectivity index (χ1v) is 10.5. The average Bonchev–Trinajstić information content (AvgIpc) is 3.21. The summed E-state index contributed by atoms with van der Waals surface area (Å²) in [6, 6.07) is 9.07. The van der Waals surface area contributed by atoms with Crippen LogP contribution in [0.2, 0.25) is 0 Å². The molecule has 1 aliphatic heterocycles. The van der Waals surface area contributed by atoms with E-state index in [0.717, 1.165) is 19.4 Å². The Balaban J connectivity index is 1.53. The summed E-state index contributed by atoms with van der Waals surface area (Å²) in [6.07, 6.45) is 3.07. The van der Waals surface area contributed by atoms with Crippen LogP contribution in [0.25, 0.3) is 10.3 Å². The van der Waals surface area contributed by atoms with Gasteiger partial charge in [0.1, 0.15) is 17.6 Å². The second-order valence-electron chi connectivity index (χ2n) is 7.14. The molecule has 30 heavy (non-hydrogen) atoms. The van der Waals surface area contributed by atoms with Gasteiger partial charge in [0.15, 0.2) is 10.8 Å². The maximum atomic E-state index is 12.9. The Morgan fingerprint density at radius 1 is 1.27 bits per heavy atom. The Morgan fingerprint density at radius 3 is 2.83 bits per heavy atom. The van der Waals surface area contributed by atoms with E-state index >= 15 is 0 Å². The van der Waals surface area contributed by atoms with E-state index in [2.05, 4.69) is 20.6 Å². The first-order chi connectivity index (χ1) is 14.5. The zero-order chi connectivity index (χ0) is 21.1. The van der Waals surface area contributed by atoms with Gasteiger partial charge >= 0.3 is 0 Å². The van der Waals surface area contributed by atoms with E-state index < -0.39 is 0 Å². The van der Waals surface area contributed by atoms with Gasteiger partial charge in [-0.1, -0.05) is 29.5 Å². The molecular weight excluding hydrogens is 404 g/mol. The molecule has 1 aromatic carbocycles. The second kappa shape index (κ2) is 8.62. The number of nitrogens with zero attached hydrogens (tertiary/aromatic N) is 4. The summed E-state index contributed by atoms with van der Waals surface area (Å²) in [5.74, 6) is -0.383. The first kappa shape index (κ1) is 20.0. The molecule has 1 fully saturated rings. The zero-order valence-corrected chi connectivity index (χ0v) is 17.3. The van der Waals surface area contributed by atoms with Gasteiger partial charge < -0.3 is 15.5 Å². The van der Waals surface area contributed by atoms with Crippen molar-refractivity contribution < 1.29 is 9.59 Å². The van der Waals surface area contributed by atoms with Gasteiger partial charge in [0.05, 0.1) is 5.92 Å². The van der Waals surface area contributed by atoms with Crippen LogP contribution in [0, 0.1) is 5.92 Å². The van der Waals surface area contributed by atoms with Crippen molar-refractivity contribution in [3.05, 3.63) is 47.0 Å². The summed E-state index contributed by atoms with van der Waals surface area (Å²) < 4.78 is 1.69. The molecule has 10 heteroatoms. The predicted molar refractivity (Wildman–Crippen MR) is 116 cm³/mol. The molecule has 2 amide bonds. The number of hydrogen-bond donors (Lipinski definition) is 2. The number of hydrogen-bond acceptors (Lipinski definition) is 7. The number of para-hydroxylation sites is 1. The fourth-order valence-corrected chi connectivity index (χ4v) is 4.53. The third kappa shape index (κ3) is 4.18. The molecule has 0 bridgehead atoms. The molecule has 1 aliphatic rings. The summed E-state index contributed by atoms with van der Waals surface area (Å²) >= 11 is 1.25. The molecule has 0 radical (unpaired) electrons. The normalized spacial score (nSPS) is 16.4. The van der Waals surface area contributed by atoms with Crippen molar-refractivity contribution in [3.8, 4) is 0 Å². The number of carbonyl (C=O) groups is 2. The minimum Gasteiger partial charge on any atom is -0.359 e. The van der Waals surface area contributed by atoms with E-state index in [9.17, 15) is 14.4 Å². The Labute approximate surface area is 176 Å². The van der Waals surface area contributed by atoms with Crippen molar-refractivity contribution >= 4 is 44.3 Å². The largest absolute Gasteiger partial charge is 0.359 e. The molecule has 4 rings (SSSR count). The van der Waals surface area contributed by atoms with Gasteiger partial charge in [-0.2, -0.15) is 4.98 Å². The molecular formula is C20H22N6O3S. The van der Waals surface area contributed by atoms with Crippen LogP contribution in [0.1, 0.15) is 12.8 Å². The fourth-order valence-electron chi connectivity index (χ4n) is 3.53. The molecule has 3 heterocycles. The van der Waals surface area contributed by atoms with E-state index in [4.69, 9.17) is 0 Å². The summed E-state index contributed by atoms with van der Waals surface area (Å²) in [6.45, 7) is 1.21. The quantitative estimate of drug-likeness (QED) is 0.639. The van der Waals surface area contributed by atoms with Crippen LogP contribution in [-0.2, 0) is 16.1 Å². The molecule has 1 saturated heterocycles. The standard InChI is InChI=1S/C20H22N6O3S/c1-21-18(28)13-6-5-9-25(10-13)20-24-17-16(30-20)19(29)26(12-22-17)11-15(27)23-14-7-3-2-4-8-14/h2-4,7-8,12-13H,5-6,9-11H2,1H3,(H,21,28)(H,23,27)/t13-/m0/s1. The molecule has 1 atom stereocenters. The maximum Gasteiger partial charge on any atom is 0.273 e. The number of carbonyl (C=O) groups excluding carboxylic acids is 2. The Hall–Kier alpha value is -3.27. The minimum atomic E-state index is -0.307. The van der Waals surface area contributed by atoms with Crippen molar-refractivity contribution in [2.75, 3.05) is 30.4 Å². The van der Waals surface area contributed by atoms with Gasteiger partial charge in [0.25, 0.3) is 5.56 Å². The highest BCUT2D eigenvalue weighted by Gasteiger charge is 2.27. The molecule has 0 aliphatic carbocycles. The number of rotatable bonds is 5. The average molecular weight is 427 g/mol. The summed E-state index contributed by atoms with van der Waals surface area (Å²) in [4.78, 5) is 47.9. The van der Waals surface area contributed by atoms with Crippen LogP contribution >= 0.6 is 11.3 Å². The highest BCUT2D eigenvalue weighted by atomic mass is 32.1. The molecule has 9 nitrogen and oxygen atoms in total. The highest BCUT2D eigenvalue weighted by Crippen LogP contribution is 2.29. The van der Waals surface area contributed by atoms with Crippen LogP contribution in [0.5, 0.6) is 0 Å². The topological polar surface area (TPSA) is 109 Å². The number of piperidine rings is 1. The first-order valence-electron chi connectivity index (χ1n) is 9.72. The van der Waals surface area contributed by atoms with Crippen molar-refractivity contribution in [1.29, 1.82) is 0 Å². The fraction of sp³-hybridized carbons (Fsp3) is 0.350. The number of anilines is 2. The van der Waals surface area contributed by atoms with Gasteiger partial charge in [0, 0.05) is 25.8 Å². The molecule has 2 N–H and O–H groups in total. The lowest BCUT2D eigenvalue weighted by molar-refractivity contribution is -0.124. The maximum absolute atomic E-state index is 12.9. The molecule has 156 valence electrons. The third-order valence-corrected chi connectivity index (χ3v) is 6.15. The molecule has 3 aromatic rings. The summed E-state index contributed by atoms with van der Waals surface area (Å²) in [7, 11) is 1.64. The lowest BCUT2D eigenvalue weighted by atomic mass is 9.98. The third-order valence-electron chi connectivity index (χ3n) is 5.05. The second-order valence-corrected chi connectivity index (χ2v) is 8.12. The number of aromatic nitrogens is 3.